The number of nitrogens with zero attached hydrogens (tertiary/aromatic N) is 1. The fourth-order valence-corrected chi connectivity index (χ4v) is 2.36. The second kappa shape index (κ2) is 6.43. The molecular formula is C13H9BrCl2N2O2. The van der Waals surface area contributed by atoms with Crippen molar-refractivity contribution >= 4 is 50.5 Å². The van der Waals surface area contributed by atoms with Crippen molar-refractivity contribution in [2.75, 3.05) is 5.32 Å². The van der Waals surface area contributed by atoms with Gasteiger partial charge in [0, 0.05) is 28.2 Å². The van der Waals surface area contributed by atoms with E-state index in [0.717, 1.165) is 10.2 Å². The van der Waals surface area contributed by atoms with Crippen LogP contribution in [0.25, 0.3) is 0 Å². The first-order valence-electron chi connectivity index (χ1n) is 5.59. The summed E-state index contributed by atoms with van der Waals surface area (Å²) in [5.41, 5.74) is 1.37. The quantitative estimate of drug-likeness (QED) is 0.584. The summed E-state index contributed by atoms with van der Waals surface area (Å²) in [6.07, 6.45) is 0. The van der Waals surface area contributed by atoms with Crippen LogP contribution < -0.4 is 5.32 Å². The lowest BCUT2D eigenvalue weighted by Crippen LogP contribution is -2.01. The van der Waals surface area contributed by atoms with Gasteiger partial charge in [0.15, 0.2) is 0 Å². The van der Waals surface area contributed by atoms with Crippen LogP contribution in [0.15, 0.2) is 40.9 Å². The molecule has 0 bridgehead atoms. The predicted octanol–water partition coefficient (Wildman–Crippen LogP) is 5.28. The first-order valence-corrected chi connectivity index (χ1v) is 7.14. The lowest BCUT2D eigenvalue weighted by molar-refractivity contribution is -0.384. The summed E-state index contributed by atoms with van der Waals surface area (Å²) in [6, 6.07) is 9.74. The van der Waals surface area contributed by atoms with Gasteiger partial charge in [-0.3, -0.25) is 10.1 Å². The highest BCUT2D eigenvalue weighted by molar-refractivity contribution is 9.10. The maximum absolute atomic E-state index is 10.8. The van der Waals surface area contributed by atoms with Gasteiger partial charge in [-0.05, 0) is 29.8 Å². The van der Waals surface area contributed by atoms with Gasteiger partial charge < -0.3 is 5.32 Å². The van der Waals surface area contributed by atoms with E-state index in [9.17, 15) is 10.1 Å². The number of nitro groups is 1. The summed E-state index contributed by atoms with van der Waals surface area (Å²) in [5, 5.41) is 14.9. The molecule has 0 aliphatic carbocycles. The van der Waals surface area contributed by atoms with Crippen molar-refractivity contribution in [3.63, 3.8) is 0 Å². The minimum atomic E-state index is -0.452. The summed E-state index contributed by atoms with van der Waals surface area (Å²) in [4.78, 5) is 10.3. The lowest BCUT2D eigenvalue weighted by atomic mass is 10.2. The Morgan fingerprint density at radius 3 is 2.55 bits per heavy atom. The van der Waals surface area contributed by atoms with Gasteiger partial charge in [0.1, 0.15) is 0 Å². The van der Waals surface area contributed by atoms with Crippen LogP contribution in [-0.2, 0) is 6.54 Å². The smallest absolute Gasteiger partial charge is 0.269 e. The monoisotopic (exact) mass is 374 g/mol. The average Bonchev–Trinajstić information content (AvgIpc) is 2.41. The topological polar surface area (TPSA) is 55.2 Å². The maximum atomic E-state index is 10.8. The minimum Gasteiger partial charge on any atom is -0.380 e. The molecule has 0 saturated heterocycles. The van der Waals surface area contributed by atoms with Crippen LogP contribution in [0.2, 0.25) is 10.0 Å². The number of anilines is 1. The van der Waals surface area contributed by atoms with Gasteiger partial charge in [-0.2, -0.15) is 0 Å². The van der Waals surface area contributed by atoms with Crippen LogP contribution in [0.3, 0.4) is 0 Å². The lowest BCUT2D eigenvalue weighted by Gasteiger charge is -2.10. The Morgan fingerprint density at radius 2 is 1.85 bits per heavy atom. The third-order valence-corrected chi connectivity index (χ3v) is 3.83. The summed E-state index contributed by atoms with van der Waals surface area (Å²) in [5.74, 6) is 0. The fourth-order valence-electron chi connectivity index (χ4n) is 1.63. The Hall–Kier alpha value is -1.30. The molecule has 20 heavy (non-hydrogen) atoms. The molecule has 0 aliphatic heterocycles. The van der Waals surface area contributed by atoms with Gasteiger partial charge in [0.05, 0.1) is 15.6 Å². The predicted molar refractivity (Wildman–Crippen MR) is 84.6 cm³/mol. The molecule has 0 amide bonds. The van der Waals surface area contributed by atoms with E-state index in [2.05, 4.69) is 21.2 Å². The number of non-ortho nitro benzene ring substituents is 1. The third kappa shape index (κ3) is 3.62. The number of nitrogens with one attached hydrogen (secondary N) is 1. The van der Waals surface area contributed by atoms with E-state index in [1.807, 2.05) is 12.1 Å². The van der Waals surface area contributed by atoms with Crippen LogP contribution in [0.1, 0.15) is 5.56 Å². The van der Waals surface area contributed by atoms with Crippen LogP contribution in [0, 0.1) is 10.1 Å². The van der Waals surface area contributed by atoms with E-state index in [0.29, 0.717) is 22.2 Å². The molecule has 0 unspecified atom stereocenters. The van der Waals surface area contributed by atoms with E-state index in [1.165, 1.54) is 18.2 Å². The van der Waals surface area contributed by atoms with Crippen molar-refractivity contribution < 1.29 is 4.92 Å². The molecule has 0 heterocycles. The zero-order valence-electron chi connectivity index (χ0n) is 10.1. The van der Waals surface area contributed by atoms with Crippen LogP contribution in [0.5, 0.6) is 0 Å². The van der Waals surface area contributed by atoms with Crippen molar-refractivity contribution in [1.82, 2.24) is 0 Å². The van der Waals surface area contributed by atoms with Crippen LogP contribution in [-0.4, -0.2) is 4.92 Å². The van der Waals surface area contributed by atoms with E-state index < -0.39 is 4.92 Å². The number of benzene rings is 2. The molecule has 0 fully saturated rings. The SMILES string of the molecule is O=[N+]([O-])c1ccc(Cl)c(CNc2cc(Br)ccc2Cl)c1. The maximum Gasteiger partial charge on any atom is 0.269 e. The Morgan fingerprint density at radius 1 is 1.15 bits per heavy atom. The standard InChI is InChI=1S/C13H9BrCl2N2O2/c14-9-1-3-12(16)13(6-9)17-7-8-5-10(18(19)20)2-4-11(8)15/h1-6,17H,7H2. The van der Waals surface area contributed by atoms with Gasteiger partial charge in [0.25, 0.3) is 5.69 Å². The van der Waals surface area contributed by atoms with Crippen LogP contribution >= 0.6 is 39.1 Å². The largest absolute Gasteiger partial charge is 0.380 e. The molecule has 7 heteroatoms. The van der Waals surface area contributed by atoms with Gasteiger partial charge in [0.2, 0.25) is 0 Å². The van der Waals surface area contributed by atoms with Crippen molar-refractivity contribution in [1.29, 1.82) is 0 Å². The highest BCUT2D eigenvalue weighted by atomic mass is 79.9. The van der Waals surface area contributed by atoms with Gasteiger partial charge >= 0.3 is 0 Å². The first kappa shape index (κ1) is 15.1. The number of hydrogen-bond acceptors (Lipinski definition) is 3. The van der Waals surface area contributed by atoms with Crippen molar-refractivity contribution in [3.05, 3.63) is 66.6 Å². The molecule has 4 nitrogen and oxygen atoms in total. The van der Waals surface area contributed by atoms with E-state index in [1.54, 1.807) is 6.07 Å². The van der Waals surface area contributed by atoms with Gasteiger partial charge in [-0.1, -0.05) is 39.1 Å². The minimum absolute atomic E-state index is 0.00605. The Bertz CT molecular complexity index is 665. The van der Waals surface area contributed by atoms with Gasteiger partial charge in [-0.15, -0.1) is 0 Å². The zero-order chi connectivity index (χ0) is 14.7. The Labute approximate surface area is 134 Å². The molecule has 0 atom stereocenters. The number of rotatable bonds is 4. The number of nitro benzene ring substituents is 1. The molecule has 0 spiro atoms. The number of hydrogen-bond donors (Lipinski definition) is 1. The molecule has 1 N–H and O–H groups in total. The van der Waals surface area contributed by atoms with Gasteiger partial charge in [-0.25, -0.2) is 0 Å². The molecule has 0 aromatic heterocycles. The molecule has 0 radical (unpaired) electrons. The van der Waals surface area contributed by atoms with Crippen LogP contribution in [0.4, 0.5) is 11.4 Å². The summed E-state index contributed by atoms with van der Waals surface area (Å²) >= 11 is 15.4. The molecule has 104 valence electrons. The highest BCUT2D eigenvalue weighted by Gasteiger charge is 2.10. The van der Waals surface area contributed by atoms with Crippen molar-refractivity contribution in [2.24, 2.45) is 0 Å². The zero-order valence-corrected chi connectivity index (χ0v) is 13.2. The first-order chi connectivity index (χ1) is 9.47. The second-order valence-corrected chi connectivity index (χ2v) is 5.74. The average molecular weight is 376 g/mol. The van der Waals surface area contributed by atoms with Crippen molar-refractivity contribution in [3.8, 4) is 0 Å². The fraction of sp³-hybridized carbons (Fsp3) is 0.0769. The second-order valence-electron chi connectivity index (χ2n) is 4.01. The third-order valence-electron chi connectivity index (χ3n) is 2.64. The highest BCUT2D eigenvalue weighted by Crippen LogP contribution is 2.28. The summed E-state index contributed by atoms with van der Waals surface area (Å²) in [6.45, 7) is 0.344. The number of halogens is 3. The molecular weight excluding hydrogens is 367 g/mol. The molecule has 2 aromatic rings. The molecule has 2 aromatic carbocycles. The molecule has 0 aliphatic rings. The summed E-state index contributed by atoms with van der Waals surface area (Å²) < 4.78 is 0.884. The molecule has 0 saturated carbocycles. The Kier molecular flexibility index (Phi) is 4.86. The Balaban J connectivity index is 2.20. The van der Waals surface area contributed by atoms with E-state index in [4.69, 9.17) is 23.2 Å². The van der Waals surface area contributed by atoms with Crippen molar-refractivity contribution in [2.45, 2.75) is 6.54 Å². The van der Waals surface area contributed by atoms with E-state index >= 15 is 0 Å². The molecule has 2 rings (SSSR count). The van der Waals surface area contributed by atoms with E-state index in [-0.39, 0.29) is 5.69 Å². The normalized spacial score (nSPS) is 10.3. The summed E-state index contributed by atoms with van der Waals surface area (Å²) in [7, 11) is 0.